The van der Waals surface area contributed by atoms with Crippen molar-refractivity contribution in [2.24, 2.45) is 0 Å². The molecule has 1 aromatic heterocycles. The first-order chi connectivity index (χ1) is 11.9. The summed E-state index contributed by atoms with van der Waals surface area (Å²) < 4.78 is 17.3. The third-order valence-electron chi connectivity index (χ3n) is 4.23. The summed E-state index contributed by atoms with van der Waals surface area (Å²) in [4.78, 5) is 16.6. The summed E-state index contributed by atoms with van der Waals surface area (Å²) in [5.74, 6) is 1.63. The van der Waals surface area contributed by atoms with Crippen LogP contribution >= 0.6 is 15.9 Å². The maximum atomic E-state index is 12.4. The zero-order chi connectivity index (χ0) is 18.0. The minimum absolute atomic E-state index is 0.322. The number of carbonyl (C=O) groups is 1. The molecule has 0 amide bonds. The normalized spacial score (nSPS) is 22.4. The van der Waals surface area contributed by atoms with Crippen molar-refractivity contribution in [3.8, 4) is 11.5 Å². The minimum atomic E-state index is -0.815. The molecule has 1 aliphatic rings. The molecular weight excluding hydrogens is 388 g/mol. The van der Waals surface area contributed by atoms with E-state index in [0.29, 0.717) is 23.7 Å². The fourth-order valence-electron chi connectivity index (χ4n) is 2.95. The topological polar surface area (TPSA) is 69.7 Å². The summed E-state index contributed by atoms with van der Waals surface area (Å²) >= 11 is 3.34. The lowest BCUT2D eigenvalue weighted by molar-refractivity contribution is -0.148. The SMILES string of the molecule is COc1ccc(OC)c(C2(C)CC(Nc3ccc(Br)cn3)C(=O)O2)c1. The molecule has 2 atom stereocenters. The van der Waals surface area contributed by atoms with E-state index >= 15 is 0 Å². The highest BCUT2D eigenvalue weighted by atomic mass is 79.9. The smallest absolute Gasteiger partial charge is 0.329 e. The van der Waals surface area contributed by atoms with Crippen LogP contribution in [0, 0.1) is 0 Å². The number of carbonyl (C=O) groups excluding carboxylic acids is 1. The number of rotatable bonds is 5. The molecule has 132 valence electrons. The van der Waals surface area contributed by atoms with Gasteiger partial charge in [-0.2, -0.15) is 0 Å². The summed E-state index contributed by atoms with van der Waals surface area (Å²) in [5, 5.41) is 3.13. The van der Waals surface area contributed by atoms with Gasteiger partial charge in [0, 0.05) is 22.7 Å². The molecular formula is C18H19BrN2O4. The molecule has 7 heteroatoms. The van der Waals surface area contributed by atoms with E-state index < -0.39 is 11.6 Å². The molecule has 2 aromatic rings. The molecule has 1 aromatic carbocycles. The van der Waals surface area contributed by atoms with Gasteiger partial charge in [0.25, 0.3) is 0 Å². The molecule has 25 heavy (non-hydrogen) atoms. The van der Waals surface area contributed by atoms with Crippen LogP contribution in [0.3, 0.4) is 0 Å². The zero-order valence-corrected chi connectivity index (χ0v) is 15.8. The predicted octanol–water partition coefficient (Wildman–Crippen LogP) is 3.50. The molecule has 0 radical (unpaired) electrons. The predicted molar refractivity (Wildman–Crippen MR) is 97.0 cm³/mol. The molecule has 2 unspecified atom stereocenters. The summed E-state index contributed by atoms with van der Waals surface area (Å²) in [6.45, 7) is 1.87. The minimum Gasteiger partial charge on any atom is -0.497 e. The van der Waals surface area contributed by atoms with E-state index in [1.54, 1.807) is 26.5 Å². The van der Waals surface area contributed by atoms with E-state index in [0.717, 1.165) is 10.0 Å². The number of hydrogen-bond donors (Lipinski definition) is 1. The van der Waals surface area contributed by atoms with E-state index in [4.69, 9.17) is 14.2 Å². The summed E-state index contributed by atoms with van der Waals surface area (Å²) in [6.07, 6.45) is 2.13. The van der Waals surface area contributed by atoms with Crippen molar-refractivity contribution in [2.75, 3.05) is 19.5 Å². The zero-order valence-electron chi connectivity index (χ0n) is 14.2. The van der Waals surface area contributed by atoms with Crippen LogP contribution in [0.15, 0.2) is 41.0 Å². The Hall–Kier alpha value is -2.28. The maximum absolute atomic E-state index is 12.4. The highest BCUT2D eigenvalue weighted by Gasteiger charge is 2.46. The molecule has 1 fully saturated rings. The maximum Gasteiger partial charge on any atom is 0.329 e. The van der Waals surface area contributed by atoms with Gasteiger partial charge in [-0.1, -0.05) is 0 Å². The third kappa shape index (κ3) is 3.56. The van der Waals surface area contributed by atoms with Gasteiger partial charge in [-0.05, 0) is 53.2 Å². The lowest BCUT2D eigenvalue weighted by atomic mass is 9.90. The van der Waals surface area contributed by atoms with Crippen molar-refractivity contribution in [2.45, 2.75) is 25.0 Å². The summed E-state index contributed by atoms with van der Waals surface area (Å²) in [5.41, 5.74) is -0.0416. The summed E-state index contributed by atoms with van der Waals surface area (Å²) in [7, 11) is 3.19. The Morgan fingerprint density at radius 1 is 1.28 bits per heavy atom. The highest BCUT2D eigenvalue weighted by molar-refractivity contribution is 9.10. The average Bonchev–Trinajstić information content (AvgIpc) is 2.91. The quantitative estimate of drug-likeness (QED) is 0.766. The molecule has 0 saturated carbocycles. The Labute approximate surface area is 154 Å². The van der Waals surface area contributed by atoms with E-state index in [2.05, 4.69) is 26.2 Å². The van der Waals surface area contributed by atoms with Gasteiger partial charge in [-0.3, -0.25) is 0 Å². The van der Waals surface area contributed by atoms with E-state index in [1.165, 1.54) is 0 Å². The molecule has 1 aliphatic heterocycles. The van der Waals surface area contributed by atoms with Crippen molar-refractivity contribution < 1.29 is 19.0 Å². The molecule has 0 spiro atoms. The van der Waals surface area contributed by atoms with Crippen molar-refractivity contribution in [3.63, 3.8) is 0 Å². The van der Waals surface area contributed by atoms with Crippen molar-refractivity contribution >= 4 is 27.7 Å². The van der Waals surface area contributed by atoms with Crippen molar-refractivity contribution in [3.05, 3.63) is 46.6 Å². The van der Waals surface area contributed by atoms with Gasteiger partial charge in [0.2, 0.25) is 0 Å². The Kier molecular flexibility index (Phi) is 4.85. The second kappa shape index (κ2) is 6.92. The lowest BCUT2D eigenvalue weighted by Gasteiger charge is -2.25. The van der Waals surface area contributed by atoms with Crippen LogP contribution in [0.4, 0.5) is 5.82 Å². The molecule has 0 bridgehead atoms. The molecule has 2 heterocycles. The number of nitrogens with zero attached hydrogens (tertiary/aromatic N) is 1. The Balaban J connectivity index is 1.86. The van der Waals surface area contributed by atoms with Crippen molar-refractivity contribution in [1.29, 1.82) is 0 Å². The monoisotopic (exact) mass is 406 g/mol. The number of pyridine rings is 1. The number of ether oxygens (including phenoxy) is 3. The molecule has 1 N–H and O–H groups in total. The van der Waals surface area contributed by atoms with Crippen LogP contribution in [0.25, 0.3) is 0 Å². The second-order valence-corrected chi connectivity index (χ2v) is 6.90. The van der Waals surface area contributed by atoms with Gasteiger partial charge in [0.05, 0.1) is 14.2 Å². The van der Waals surface area contributed by atoms with Gasteiger partial charge >= 0.3 is 5.97 Å². The lowest BCUT2D eigenvalue weighted by Crippen LogP contribution is -2.25. The highest BCUT2D eigenvalue weighted by Crippen LogP contribution is 2.43. The average molecular weight is 407 g/mol. The Bertz CT molecular complexity index is 781. The molecule has 3 rings (SSSR count). The standard InChI is InChI=1S/C18H19BrN2O4/c1-18(13-8-12(23-2)5-6-15(13)24-3)9-14(17(22)25-18)21-16-7-4-11(19)10-20-16/h4-8,10,14H,9H2,1-3H3,(H,20,21). The largest absolute Gasteiger partial charge is 0.497 e. The van der Waals surface area contributed by atoms with E-state index in [9.17, 15) is 4.79 Å². The van der Waals surface area contributed by atoms with Crippen molar-refractivity contribution in [1.82, 2.24) is 4.98 Å². The molecule has 1 saturated heterocycles. The number of benzene rings is 1. The Morgan fingerprint density at radius 3 is 2.72 bits per heavy atom. The van der Waals surface area contributed by atoms with Gasteiger partial charge in [-0.25, -0.2) is 9.78 Å². The van der Waals surface area contributed by atoms with Gasteiger partial charge in [0.15, 0.2) is 0 Å². The Morgan fingerprint density at radius 2 is 2.08 bits per heavy atom. The molecule has 0 aliphatic carbocycles. The van der Waals surface area contributed by atoms with Gasteiger partial charge in [0.1, 0.15) is 29.0 Å². The molecule has 6 nitrogen and oxygen atoms in total. The van der Waals surface area contributed by atoms with E-state index in [-0.39, 0.29) is 5.97 Å². The number of cyclic esters (lactones) is 1. The number of aromatic nitrogens is 1. The number of halogens is 1. The first kappa shape index (κ1) is 17.5. The van der Waals surface area contributed by atoms with Gasteiger partial charge in [-0.15, -0.1) is 0 Å². The number of nitrogens with one attached hydrogen (secondary N) is 1. The number of anilines is 1. The van der Waals surface area contributed by atoms with Gasteiger partial charge < -0.3 is 19.5 Å². The number of methoxy groups -OCH3 is 2. The van der Waals surface area contributed by atoms with Crippen LogP contribution < -0.4 is 14.8 Å². The van der Waals surface area contributed by atoms with Crippen LogP contribution in [-0.2, 0) is 15.1 Å². The summed E-state index contributed by atoms with van der Waals surface area (Å²) in [6, 6.07) is 8.63. The number of hydrogen-bond acceptors (Lipinski definition) is 6. The fraction of sp³-hybridized carbons (Fsp3) is 0.333. The van der Waals surface area contributed by atoms with E-state index in [1.807, 2.05) is 31.2 Å². The van der Waals surface area contributed by atoms with Crippen LogP contribution in [0.1, 0.15) is 18.9 Å². The first-order valence-electron chi connectivity index (χ1n) is 7.78. The second-order valence-electron chi connectivity index (χ2n) is 5.98. The van der Waals surface area contributed by atoms with Crippen LogP contribution in [0.5, 0.6) is 11.5 Å². The third-order valence-corrected chi connectivity index (χ3v) is 4.70. The number of esters is 1. The van der Waals surface area contributed by atoms with Crippen LogP contribution in [0.2, 0.25) is 0 Å². The first-order valence-corrected chi connectivity index (χ1v) is 8.58. The van der Waals surface area contributed by atoms with Crippen LogP contribution in [-0.4, -0.2) is 31.2 Å². The fourth-order valence-corrected chi connectivity index (χ4v) is 3.18.